The van der Waals surface area contributed by atoms with Crippen molar-refractivity contribution in [2.75, 3.05) is 6.54 Å². The van der Waals surface area contributed by atoms with Crippen LogP contribution in [0.3, 0.4) is 0 Å². The van der Waals surface area contributed by atoms with Crippen LogP contribution in [0.5, 0.6) is 0 Å². The Morgan fingerprint density at radius 1 is 1.71 bits per heavy atom. The fourth-order valence-electron chi connectivity index (χ4n) is 1.70. The first-order valence-corrected chi connectivity index (χ1v) is 5.06. The van der Waals surface area contributed by atoms with E-state index in [1.165, 1.54) is 0 Å². The molecule has 1 fully saturated rings. The van der Waals surface area contributed by atoms with E-state index < -0.39 is 0 Å². The van der Waals surface area contributed by atoms with Gasteiger partial charge in [0.15, 0.2) is 0 Å². The smallest absolute Gasteiger partial charge is 0.223 e. The van der Waals surface area contributed by atoms with Crippen molar-refractivity contribution < 1.29 is 4.79 Å². The first kappa shape index (κ1) is 11.0. The lowest BCUT2D eigenvalue weighted by Crippen LogP contribution is -2.33. The summed E-state index contributed by atoms with van der Waals surface area (Å²) in [6.45, 7) is 2.24. The maximum absolute atomic E-state index is 11.5. The van der Waals surface area contributed by atoms with E-state index in [-0.39, 0.29) is 23.8 Å². The predicted octanol–water partition coefficient (Wildman–Crippen LogP) is 0.390. The highest BCUT2D eigenvalue weighted by atomic mass is 16.1. The number of nitriles is 1. The van der Waals surface area contributed by atoms with Crippen molar-refractivity contribution in [1.82, 2.24) is 5.32 Å². The molecule has 0 aromatic rings. The summed E-state index contributed by atoms with van der Waals surface area (Å²) < 4.78 is 0. The number of amides is 1. The third kappa shape index (κ3) is 3.00. The van der Waals surface area contributed by atoms with E-state index in [2.05, 4.69) is 11.4 Å². The molecule has 78 valence electrons. The standard InChI is InChI=1S/C10H17N3O/c1-7(5-11)6-13-10(14)8-2-3-9(12)4-8/h7-9H,2-4,6,12H2,1H3,(H,13,14). The summed E-state index contributed by atoms with van der Waals surface area (Å²) in [6, 6.07) is 2.26. The van der Waals surface area contributed by atoms with Crippen molar-refractivity contribution in [2.45, 2.75) is 32.2 Å². The quantitative estimate of drug-likeness (QED) is 0.683. The minimum Gasteiger partial charge on any atom is -0.355 e. The second kappa shape index (κ2) is 4.97. The molecule has 1 rings (SSSR count). The molecule has 1 aliphatic carbocycles. The van der Waals surface area contributed by atoms with Gasteiger partial charge in [-0.25, -0.2) is 0 Å². The number of nitrogens with zero attached hydrogens (tertiary/aromatic N) is 1. The third-order valence-corrected chi connectivity index (χ3v) is 2.65. The molecule has 14 heavy (non-hydrogen) atoms. The monoisotopic (exact) mass is 195 g/mol. The van der Waals surface area contributed by atoms with Crippen LogP contribution in [0.2, 0.25) is 0 Å². The van der Waals surface area contributed by atoms with Gasteiger partial charge in [0, 0.05) is 18.5 Å². The van der Waals surface area contributed by atoms with Gasteiger partial charge in [0.2, 0.25) is 5.91 Å². The largest absolute Gasteiger partial charge is 0.355 e. The molecule has 1 saturated carbocycles. The SMILES string of the molecule is CC(C#N)CNC(=O)C1CCC(N)C1. The van der Waals surface area contributed by atoms with E-state index >= 15 is 0 Å². The van der Waals surface area contributed by atoms with Gasteiger partial charge in [-0.3, -0.25) is 4.79 Å². The Kier molecular flexibility index (Phi) is 3.90. The van der Waals surface area contributed by atoms with Gasteiger partial charge in [0.1, 0.15) is 0 Å². The van der Waals surface area contributed by atoms with Gasteiger partial charge in [0.05, 0.1) is 12.0 Å². The van der Waals surface area contributed by atoms with Gasteiger partial charge in [-0.15, -0.1) is 0 Å². The van der Waals surface area contributed by atoms with Crippen LogP contribution in [0.1, 0.15) is 26.2 Å². The Labute approximate surface area is 84.5 Å². The zero-order valence-electron chi connectivity index (χ0n) is 8.49. The molecule has 0 radical (unpaired) electrons. The van der Waals surface area contributed by atoms with Crippen molar-refractivity contribution in [3.05, 3.63) is 0 Å². The lowest BCUT2D eigenvalue weighted by atomic mass is 10.1. The molecule has 1 aliphatic rings. The maximum Gasteiger partial charge on any atom is 0.223 e. The highest BCUT2D eigenvalue weighted by molar-refractivity contribution is 5.79. The number of carbonyl (C=O) groups is 1. The lowest BCUT2D eigenvalue weighted by Gasteiger charge is -2.11. The van der Waals surface area contributed by atoms with Crippen LogP contribution in [0.25, 0.3) is 0 Å². The topological polar surface area (TPSA) is 78.9 Å². The van der Waals surface area contributed by atoms with Crippen LogP contribution < -0.4 is 11.1 Å². The highest BCUT2D eigenvalue weighted by Crippen LogP contribution is 2.23. The van der Waals surface area contributed by atoms with Crippen LogP contribution >= 0.6 is 0 Å². The Morgan fingerprint density at radius 2 is 2.43 bits per heavy atom. The Bertz CT molecular complexity index is 246. The molecular formula is C10H17N3O. The summed E-state index contributed by atoms with van der Waals surface area (Å²) in [4.78, 5) is 11.5. The molecule has 0 aliphatic heterocycles. The van der Waals surface area contributed by atoms with Crippen LogP contribution in [0.15, 0.2) is 0 Å². The summed E-state index contributed by atoms with van der Waals surface area (Å²) in [7, 11) is 0. The number of hydrogen-bond donors (Lipinski definition) is 2. The van der Waals surface area contributed by atoms with Gasteiger partial charge in [0.25, 0.3) is 0 Å². The van der Waals surface area contributed by atoms with E-state index in [1.54, 1.807) is 6.92 Å². The fourth-order valence-corrected chi connectivity index (χ4v) is 1.70. The van der Waals surface area contributed by atoms with E-state index in [0.717, 1.165) is 19.3 Å². The normalized spacial score (nSPS) is 28.1. The molecule has 1 amide bonds. The molecule has 3 atom stereocenters. The van der Waals surface area contributed by atoms with E-state index in [0.29, 0.717) is 6.54 Å². The molecule has 0 aromatic carbocycles. The lowest BCUT2D eigenvalue weighted by molar-refractivity contribution is -0.124. The second-order valence-corrected chi connectivity index (χ2v) is 4.05. The van der Waals surface area contributed by atoms with Crippen molar-refractivity contribution in [2.24, 2.45) is 17.6 Å². The van der Waals surface area contributed by atoms with Crippen molar-refractivity contribution in [1.29, 1.82) is 5.26 Å². The number of carbonyl (C=O) groups excluding carboxylic acids is 1. The second-order valence-electron chi connectivity index (χ2n) is 4.05. The van der Waals surface area contributed by atoms with Gasteiger partial charge in [-0.1, -0.05) is 0 Å². The van der Waals surface area contributed by atoms with Crippen LogP contribution in [-0.4, -0.2) is 18.5 Å². The summed E-state index contributed by atoms with van der Waals surface area (Å²) >= 11 is 0. The summed E-state index contributed by atoms with van der Waals surface area (Å²) in [5.41, 5.74) is 5.71. The highest BCUT2D eigenvalue weighted by Gasteiger charge is 2.27. The number of hydrogen-bond acceptors (Lipinski definition) is 3. The summed E-state index contributed by atoms with van der Waals surface area (Å²) in [5.74, 6) is 0.00460. The molecular weight excluding hydrogens is 178 g/mol. The van der Waals surface area contributed by atoms with Gasteiger partial charge < -0.3 is 11.1 Å². The predicted molar refractivity (Wildman–Crippen MR) is 53.1 cm³/mol. The Balaban J connectivity index is 2.26. The van der Waals surface area contributed by atoms with Crippen molar-refractivity contribution in [3.63, 3.8) is 0 Å². The summed E-state index contributed by atoms with van der Waals surface area (Å²) in [5, 5.41) is 11.3. The molecule has 0 heterocycles. The minimum atomic E-state index is -0.117. The zero-order chi connectivity index (χ0) is 10.6. The molecule has 4 heteroatoms. The van der Waals surface area contributed by atoms with Crippen molar-refractivity contribution in [3.8, 4) is 6.07 Å². The van der Waals surface area contributed by atoms with Gasteiger partial charge in [-0.2, -0.15) is 5.26 Å². The third-order valence-electron chi connectivity index (χ3n) is 2.65. The molecule has 3 N–H and O–H groups in total. The maximum atomic E-state index is 11.5. The molecule has 0 aromatic heterocycles. The van der Waals surface area contributed by atoms with Crippen molar-refractivity contribution >= 4 is 5.91 Å². The van der Waals surface area contributed by atoms with Gasteiger partial charge in [-0.05, 0) is 26.2 Å². The Morgan fingerprint density at radius 3 is 2.93 bits per heavy atom. The molecule has 0 spiro atoms. The molecule has 0 saturated heterocycles. The number of nitrogens with one attached hydrogen (secondary N) is 1. The molecule has 4 nitrogen and oxygen atoms in total. The van der Waals surface area contributed by atoms with Crippen LogP contribution in [0.4, 0.5) is 0 Å². The molecule has 0 bridgehead atoms. The fraction of sp³-hybridized carbons (Fsp3) is 0.800. The number of nitrogens with two attached hydrogens (primary N) is 1. The van der Waals surface area contributed by atoms with E-state index in [1.807, 2.05) is 0 Å². The van der Waals surface area contributed by atoms with Crippen LogP contribution in [-0.2, 0) is 4.79 Å². The minimum absolute atomic E-state index is 0.0556. The molecule has 3 unspecified atom stereocenters. The first-order valence-electron chi connectivity index (χ1n) is 5.06. The zero-order valence-corrected chi connectivity index (χ0v) is 8.49. The first-order chi connectivity index (χ1) is 6.63. The Hall–Kier alpha value is -1.08. The van der Waals surface area contributed by atoms with E-state index in [4.69, 9.17) is 11.0 Å². The average Bonchev–Trinajstić information content (AvgIpc) is 2.60. The summed E-state index contributed by atoms with van der Waals surface area (Å²) in [6.07, 6.45) is 2.60. The van der Waals surface area contributed by atoms with Crippen LogP contribution in [0, 0.1) is 23.2 Å². The number of rotatable bonds is 3. The average molecular weight is 195 g/mol. The van der Waals surface area contributed by atoms with E-state index in [9.17, 15) is 4.79 Å². The van der Waals surface area contributed by atoms with Gasteiger partial charge >= 0.3 is 0 Å².